The Morgan fingerprint density at radius 3 is 2.11 bits per heavy atom. The number of phenolic OH excluding ortho intramolecular Hbond substituents is 2. The Bertz CT molecular complexity index is 1010. The Hall–Kier alpha value is -3.29. The van der Waals surface area contributed by atoms with Gasteiger partial charge in [-0.05, 0) is 27.7 Å². The standard InChI is InChI=1S/C19H20O8/c1-7-12(6-11(22)14(9(3)20)19(25)26-5)27-18-13(7)16(23)8(2)17(24)15(18)10(4)21/h22-24H,6H2,1-5H3/b14-11+. The molecule has 0 aliphatic carbocycles. The van der Waals surface area contributed by atoms with Gasteiger partial charge in [0.15, 0.2) is 17.1 Å². The van der Waals surface area contributed by atoms with Crippen LogP contribution in [0.1, 0.15) is 41.1 Å². The number of carbonyl (C=O) groups is 3. The number of esters is 1. The number of methoxy groups -OCH3 is 1. The SMILES string of the molecule is COC(=O)/C(C(C)=O)=C(/O)Cc1oc2c(C(C)=O)c(O)c(C)c(O)c2c1C. The predicted octanol–water partition coefficient (Wildman–Crippen LogP) is 2.78. The molecule has 0 spiro atoms. The van der Waals surface area contributed by atoms with Crippen LogP contribution in [0, 0.1) is 13.8 Å². The van der Waals surface area contributed by atoms with E-state index in [0.29, 0.717) is 5.56 Å². The number of ketones is 2. The summed E-state index contributed by atoms with van der Waals surface area (Å²) in [5.74, 6) is -3.26. The molecule has 1 aromatic carbocycles. The van der Waals surface area contributed by atoms with Crippen LogP contribution in [0.2, 0.25) is 0 Å². The molecule has 0 bridgehead atoms. The number of aliphatic hydroxyl groups is 1. The van der Waals surface area contributed by atoms with Gasteiger partial charge in [-0.15, -0.1) is 0 Å². The molecule has 0 aliphatic rings. The van der Waals surface area contributed by atoms with Crippen molar-refractivity contribution >= 4 is 28.5 Å². The second-order valence-corrected chi connectivity index (χ2v) is 6.15. The van der Waals surface area contributed by atoms with Crippen LogP contribution in [0.5, 0.6) is 11.5 Å². The van der Waals surface area contributed by atoms with Crippen molar-refractivity contribution in [1.82, 2.24) is 0 Å². The zero-order valence-corrected chi connectivity index (χ0v) is 15.6. The van der Waals surface area contributed by atoms with Crippen molar-refractivity contribution in [3.8, 4) is 11.5 Å². The highest BCUT2D eigenvalue weighted by Crippen LogP contribution is 2.43. The number of aliphatic hydroxyl groups excluding tert-OH is 1. The largest absolute Gasteiger partial charge is 0.511 e. The summed E-state index contributed by atoms with van der Waals surface area (Å²) in [6.07, 6.45) is -0.346. The minimum absolute atomic E-state index is 0.0363. The van der Waals surface area contributed by atoms with E-state index < -0.39 is 34.6 Å². The Labute approximate surface area is 154 Å². The molecule has 0 fully saturated rings. The lowest BCUT2D eigenvalue weighted by Crippen LogP contribution is -2.15. The molecular weight excluding hydrogens is 356 g/mol. The first-order valence-corrected chi connectivity index (χ1v) is 8.01. The molecule has 2 aromatic rings. The van der Waals surface area contributed by atoms with E-state index in [9.17, 15) is 29.7 Å². The fourth-order valence-corrected chi connectivity index (χ4v) is 2.92. The van der Waals surface area contributed by atoms with E-state index in [4.69, 9.17) is 4.42 Å². The summed E-state index contributed by atoms with van der Waals surface area (Å²) in [5, 5.41) is 31.0. The van der Waals surface area contributed by atoms with E-state index in [1.54, 1.807) is 6.92 Å². The van der Waals surface area contributed by atoms with E-state index in [1.165, 1.54) is 13.8 Å². The number of benzene rings is 1. The average Bonchev–Trinajstić information content (AvgIpc) is 2.88. The van der Waals surface area contributed by atoms with Gasteiger partial charge < -0.3 is 24.5 Å². The Kier molecular flexibility index (Phi) is 5.30. The molecule has 2 rings (SSSR count). The zero-order valence-electron chi connectivity index (χ0n) is 15.6. The van der Waals surface area contributed by atoms with Gasteiger partial charge in [-0.1, -0.05) is 0 Å². The highest BCUT2D eigenvalue weighted by atomic mass is 16.5. The topological polar surface area (TPSA) is 134 Å². The van der Waals surface area contributed by atoms with E-state index in [1.807, 2.05) is 0 Å². The fraction of sp³-hybridized carbons (Fsp3) is 0.316. The third-order valence-electron chi connectivity index (χ3n) is 4.37. The third kappa shape index (κ3) is 3.25. The van der Waals surface area contributed by atoms with E-state index in [0.717, 1.165) is 14.0 Å². The van der Waals surface area contributed by atoms with Crippen molar-refractivity contribution < 1.29 is 38.9 Å². The van der Waals surface area contributed by atoms with E-state index >= 15 is 0 Å². The molecule has 1 heterocycles. The highest BCUT2D eigenvalue weighted by Gasteiger charge is 2.27. The lowest BCUT2D eigenvalue weighted by molar-refractivity contribution is -0.137. The number of hydrogen-bond acceptors (Lipinski definition) is 8. The number of aryl methyl sites for hydroxylation is 1. The molecule has 0 unspecified atom stereocenters. The van der Waals surface area contributed by atoms with Crippen molar-refractivity contribution in [2.45, 2.75) is 34.1 Å². The monoisotopic (exact) mass is 376 g/mol. The van der Waals surface area contributed by atoms with Crippen molar-refractivity contribution in [3.63, 3.8) is 0 Å². The molecule has 3 N–H and O–H groups in total. The second kappa shape index (κ2) is 7.14. The van der Waals surface area contributed by atoms with Gasteiger partial charge in [-0.2, -0.15) is 0 Å². The van der Waals surface area contributed by atoms with Gasteiger partial charge in [0.25, 0.3) is 0 Å². The molecular formula is C19H20O8. The van der Waals surface area contributed by atoms with Crippen LogP contribution in [0.15, 0.2) is 15.7 Å². The molecule has 0 radical (unpaired) electrons. The minimum atomic E-state index is -0.991. The Morgan fingerprint density at radius 1 is 1.04 bits per heavy atom. The number of allylic oxidation sites excluding steroid dienone is 1. The van der Waals surface area contributed by atoms with Gasteiger partial charge in [0, 0.05) is 11.1 Å². The predicted molar refractivity (Wildman–Crippen MR) is 95.1 cm³/mol. The lowest BCUT2D eigenvalue weighted by Gasteiger charge is -2.08. The van der Waals surface area contributed by atoms with Gasteiger partial charge >= 0.3 is 5.97 Å². The maximum absolute atomic E-state index is 11.9. The maximum atomic E-state index is 11.9. The summed E-state index contributed by atoms with van der Waals surface area (Å²) in [6, 6.07) is 0. The van der Waals surface area contributed by atoms with Gasteiger partial charge in [0.2, 0.25) is 0 Å². The number of hydrogen-bond donors (Lipinski definition) is 3. The first-order chi connectivity index (χ1) is 12.5. The molecule has 8 nitrogen and oxygen atoms in total. The molecule has 144 valence electrons. The second-order valence-electron chi connectivity index (χ2n) is 6.15. The number of phenols is 2. The third-order valence-corrected chi connectivity index (χ3v) is 4.37. The summed E-state index contributed by atoms with van der Waals surface area (Å²) in [4.78, 5) is 35.3. The minimum Gasteiger partial charge on any atom is -0.511 e. The smallest absolute Gasteiger partial charge is 0.344 e. The van der Waals surface area contributed by atoms with Gasteiger partial charge in [-0.3, -0.25) is 9.59 Å². The molecule has 0 aliphatic heterocycles. The quantitative estimate of drug-likeness (QED) is 0.181. The normalized spacial score (nSPS) is 12.0. The average molecular weight is 376 g/mol. The Balaban J connectivity index is 2.75. The number of aromatic hydroxyl groups is 2. The number of carbonyl (C=O) groups excluding carboxylic acids is 3. The number of Topliss-reactive ketones (excluding diaryl/α,β-unsaturated/α-hetero) is 2. The van der Waals surface area contributed by atoms with Crippen LogP contribution in [-0.2, 0) is 20.7 Å². The van der Waals surface area contributed by atoms with Gasteiger partial charge in [0.1, 0.15) is 34.2 Å². The Morgan fingerprint density at radius 2 is 1.63 bits per heavy atom. The van der Waals surface area contributed by atoms with Gasteiger partial charge in [0.05, 0.1) is 18.9 Å². The first kappa shape index (κ1) is 20.0. The molecule has 0 amide bonds. The van der Waals surface area contributed by atoms with E-state index in [-0.39, 0.29) is 40.0 Å². The van der Waals surface area contributed by atoms with Crippen LogP contribution < -0.4 is 0 Å². The van der Waals surface area contributed by atoms with Crippen molar-refractivity contribution in [1.29, 1.82) is 0 Å². The summed E-state index contributed by atoms with van der Waals surface area (Å²) in [5.41, 5.74) is -0.148. The van der Waals surface area contributed by atoms with Crippen molar-refractivity contribution in [2.24, 2.45) is 0 Å². The molecule has 0 atom stereocenters. The van der Waals surface area contributed by atoms with Crippen LogP contribution >= 0.6 is 0 Å². The zero-order chi connectivity index (χ0) is 20.6. The first-order valence-electron chi connectivity index (χ1n) is 8.01. The van der Waals surface area contributed by atoms with Crippen LogP contribution in [0.4, 0.5) is 0 Å². The summed E-state index contributed by atoms with van der Waals surface area (Å²) in [6.45, 7) is 5.38. The summed E-state index contributed by atoms with van der Waals surface area (Å²) < 4.78 is 10.1. The highest BCUT2D eigenvalue weighted by molar-refractivity contribution is 6.16. The van der Waals surface area contributed by atoms with Gasteiger partial charge in [-0.25, -0.2) is 4.79 Å². The molecule has 1 aromatic heterocycles. The summed E-state index contributed by atoms with van der Waals surface area (Å²) >= 11 is 0. The molecule has 8 heteroatoms. The maximum Gasteiger partial charge on any atom is 0.344 e. The summed E-state index contributed by atoms with van der Waals surface area (Å²) in [7, 11) is 1.08. The lowest BCUT2D eigenvalue weighted by atomic mass is 9.99. The fourth-order valence-electron chi connectivity index (χ4n) is 2.92. The molecule has 0 saturated carbocycles. The van der Waals surface area contributed by atoms with Crippen molar-refractivity contribution in [3.05, 3.63) is 33.8 Å². The number of fused-ring (bicyclic) bond motifs is 1. The molecule has 27 heavy (non-hydrogen) atoms. The van der Waals surface area contributed by atoms with Crippen LogP contribution in [-0.4, -0.2) is 40.0 Å². The van der Waals surface area contributed by atoms with E-state index in [2.05, 4.69) is 4.74 Å². The van der Waals surface area contributed by atoms with Crippen LogP contribution in [0.3, 0.4) is 0 Å². The van der Waals surface area contributed by atoms with Crippen LogP contribution in [0.25, 0.3) is 11.0 Å². The van der Waals surface area contributed by atoms with Crippen molar-refractivity contribution in [2.75, 3.05) is 7.11 Å². The number of ether oxygens (including phenoxy) is 1. The molecule has 0 saturated heterocycles. The number of rotatable bonds is 5. The number of furan rings is 1.